The zero-order valence-electron chi connectivity index (χ0n) is 13.1. The fourth-order valence-corrected chi connectivity index (χ4v) is 2.64. The molecule has 1 fully saturated rings. The quantitative estimate of drug-likeness (QED) is 0.633. The lowest BCUT2D eigenvalue weighted by molar-refractivity contribution is -0.0321. The van der Waals surface area contributed by atoms with Crippen molar-refractivity contribution in [3.05, 3.63) is 0 Å². The summed E-state index contributed by atoms with van der Waals surface area (Å²) >= 11 is 0. The van der Waals surface area contributed by atoms with Gasteiger partial charge in [0.15, 0.2) is 0 Å². The maximum Gasteiger partial charge on any atom is 0.0928 e. The summed E-state index contributed by atoms with van der Waals surface area (Å²) < 4.78 is 16.1. The van der Waals surface area contributed by atoms with Gasteiger partial charge in [-0.25, -0.2) is 0 Å². The topological polar surface area (TPSA) is 60.0 Å². The second-order valence-electron chi connectivity index (χ2n) is 5.85. The molecule has 1 aliphatic rings. The summed E-state index contributed by atoms with van der Waals surface area (Å²) in [6.45, 7) is 4.42. The number of methoxy groups -OCH3 is 2. The summed E-state index contributed by atoms with van der Waals surface area (Å²) in [5, 5.41) is 13.1. The smallest absolute Gasteiger partial charge is 0.0928 e. The van der Waals surface area contributed by atoms with Gasteiger partial charge in [-0.1, -0.05) is 19.8 Å². The van der Waals surface area contributed by atoms with Crippen molar-refractivity contribution < 1.29 is 19.3 Å². The van der Waals surface area contributed by atoms with E-state index in [0.29, 0.717) is 32.4 Å². The molecule has 5 heteroatoms. The van der Waals surface area contributed by atoms with Gasteiger partial charge in [-0.3, -0.25) is 0 Å². The molecule has 0 amide bonds. The molecule has 0 aromatic heterocycles. The highest BCUT2D eigenvalue weighted by molar-refractivity contribution is 4.71. The fraction of sp³-hybridized carbons (Fsp3) is 1.00. The van der Waals surface area contributed by atoms with Crippen LogP contribution in [0.3, 0.4) is 0 Å². The first kappa shape index (κ1) is 17.9. The molecule has 1 saturated carbocycles. The van der Waals surface area contributed by atoms with Crippen LogP contribution in [0.15, 0.2) is 0 Å². The largest absolute Gasteiger partial charge is 0.389 e. The highest BCUT2D eigenvalue weighted by Crippen LogP contribution is 2.25. The summed E-state index contributed by atoms with van der Waals surface area (Å²) in [5.74, 6) is 0.750. The summed E-state index contributed by atoms with van der Waals surface area (Å²) in [4.78, 5) is 0. The number of aliphatic hydroxyl groups is 1. The molecule has 20 heavy (non-hydrogen) atoms. The van der Waals surface area contributed by atoms with Gasteiger partial charge in [-0.2, -0.15) is 0 Å². The second kappa shape index (κ2) is 10.5. The van der Waals surface area contributed by atoms with E-state index in [1.165, 1.54) is 12.8 Å². The molecule has 2 N–H and O–H groups in total. The molecular formula is C15H31NO4. The molecule has 1 aliphatic carbocycles. The minimum absolute atomic E-state index is 0.0207. The van der Waals surface area contributed by atoms with Crippen molar-refractivity contribution in [2.75, 3.05) is 40.5 Å². The van der Waals surface area contributed by atoms with Crippen LogP contribution in [0.5, 0.6) is 0 Å². The molecule has 4 atom stereocenters. The van der Waals surface area contributed by atoms with Crippen molar-refractivity contribution in [2.24, 2.45) is 5.92 Å². The molecule has 0 saturated heterocycles. The molecular weight excluding hydrogens is 258 g/mol. The van der Waals surface area contributed by atoms with Crippen LogP contribution in [-0.2, 0) is 14.2 Å². The molecule has 5 nitrogen and oxygen atoms in total. The molecule has 0 aromatic carbocycles. The number of ether oxygens (including phenoxy) is 3. The van der Waals surface area contributed by atoms with Crippen LogP contribution in [0, 0.1) is 5.92 Å². The van der Waals surface area contributed by atoms with Crippen LogP contribution in [0.4, 0.5) is 0 Å². The van der Waals surface area contributed by atoms with E-state index in [1.54, 1.807) is 14.2 Å². The zero-order valence-corrected chi connectivity index (χ0v) is 13.1. The first-order chi connectivity index (χ1) is 9.65. The molecule has 1 rings (SSSR count). The predicted octanol–water partition coefficient (Wildman–Crippen LogP) is 1.19. The average molecular weight is 289 g/mol. The third-order valence-electron chi connectivity index (χ3n) is 3.85. The van der Waals surface area contributed by atoms with E-state index in [9.17, 15) is 5.11 Å². The van der Waals surface area contributed by atoms with Crippen molar-refractivity contribution in [1.82, 2.24) is 5.32 Å². The van der Waals surface area contributed by atoms with Crippen molar-refractivity contribution in [3.63, 3.8) is 0 Å². The average Bonchev–Trinajstić information content (AvgIpc) is 2.44. The van der Waals surface area contributed by atoms with Gasteiger partial charge in [-0.05, 0) is 18.8 Å². The van der Waals surface area contributed by atoms with Gasteiger partial charge in [0.05, 0.1) is 31.5 Å². The number of aliphatic hydroxyl groups excluding tert-OH is 1. The fourth-order valence-electron chi connectivity index (χ4n) is 2.64. The van der Waals surface area contributed by atoms with Crippen molar-refractivity contribution in [2.45, 2.75) is 50.9 Å². The normalized spacial score (nSPS) is 26.4. The van der Waals surface area contributed by atoms with Crippen LogP contribution < -0.4 is 5.32 Å². The maximum absolute atomic E-state index is 9.90. The number of hydrogen-bond donors (Lipinski definition) is 2. The van der Waals surface area contributed by atoms with Crippen LogP contribution in [0.1, 0.15) is 32.6 Å². The van der Waals surface area contributed by atoms with Crippen molar-refractivity contribution >= 4 is 0 Å². The zero-order chi connectivity index (χ0) is 14.8. The Kier molecular flexibility index (Phi) is 9.39. The molecule has 0 heterocycles. The van der Waals surface area contributed by atoms with E-state index >= 15 is 0 Å². The van der Waals surface area contributed by atoms with E-state index in [-0.39, 0.29) is 6.10 Å². The minimum Gasteiger partial charge on any atom is -0.389 e. The van der Waals surface area contributed by atoms with Crippen LogP contribution >= 0.6 is 0 Å². The Morgan fingerprint density at radius 2 is 2.00 bits per heavy atom. The van der Waals surface area contributed by atoms with Crippen molar-refractivity contribution in [3.8, 4) is 0 Å². The molecule has 0 spiro atoms. The van der Waals surface area contributed by atoms with Gasteiger partial charge in [0, 0.05) is 27.3 Å². The maximum atomic E-state index is 9.90. The van der Waals surface area contributed by atoms with E-state index < -0.39 is 6.10 Å². The van der Waals surface area contributed by atoms with Gasteiger partial charge in [0.2, 0.25) is 0 Å². The first-order valence-electron chi connectivity index (χ1n) is 7.67. The Morgan fingerprint density at radius 3 is 2.65 bits per heavy atom. The van der Waals surface area contributed by atoms with Gasteiger partial charge in [-0.15, -0.1) is 0 Å². The Labute approximate surface area is 123 Å². The predicted molar refractivity (Wildman–Crippen MR) is 78.9 cm³/mol. The standard InChI is InChI=1S/C15H31NO4/c1-12-5-4-6-14(7-12)20-10-13(17)8-16-9-15(19-3)11-18-2/h12-17H,4-11H2,1-3H3. The third-order valence-corrected chi connectivity index (χ3v) is 3.85. The van der Waals surface area contributed by atoms with Crippen LogP contribution in [0.2, 0.25) is 0 Å². The van der Waals surface area contributed by atoms with Crippen LogP contribution in [0.25, 0.3) is 0 Å². The summed E-state index contributed by atoms with van der Waals surface area (Å²) in [6.07, 6.45) is 4.69. The SMILES string of the molecule is COCC(CNCC(O)COC1CCCC(C)C1)OC. The summed E-state index contributed by atoms with van der Waals surface area (Å²) in [6, 6.07) is 0. The van der Waals surface area contributed by atoms with E-state index in [0.717, 1.165) is 18.8 Å². The summed E-state index contributed by atoms with van der Waals surface area (Å²) in [7, 11) is 3.31. The Morgan fingerprint density at radius 1 is 1.20 bits per heavy atom. The molecule has 0 radical (unpaired) electrons. The third kappa shape index (κ3) is 7.55. The Balaban J connectivity index is 2.06. The molecule has 0 bridgehead atoms. The number of hydrogen-bond acceptors (Lipinski definition) is 5. The lowest BCUT2D eigenvalue weighted by atomic mass is 9.89. The first-order valence-corrected chi connectivity index (χ1v) is 7.67. The molecule has 0 aromatic rings. The highest BCUT2D eigenvalue weighted by Gasteiger charge is 2.20. The Hall–Kier alpha value is -0.200. The monoisotopic (exact) mass is 289 g/mol. The highest BCUT2D eigenvalue weighted by atomic mass is 16.5. The number of rotatable bonds is 10. The Bertz CT molecular complexity index is 240. The molecule has 120 valence electrons. The number of nitrogens with one attached hydrogen (secondary N) is 1. The van der Waals surface area contributed by atoms with Gasteiger partial charge in [0.25, 0.3) is 0 Å². The van der Waals surface area contributed by atoms with E-state index in [4.69, 9.17) is 14.2 Å². The second-order valence-corrected chi connectivity index (χ2v) is 5.85. The molecule has 4 unspecified atom stereocenters. The van der Waals surface area contributed by atoms with Crippen molar-refractivity contribution in [1.29, 1.82) is 0 Å². The lowest BCUT2D eigenvalue weighted by Gasteiger charge is -2.27. The molecule has 0 aliphatic heterocycles. The van der Waals surface area contributed by atoms with Gasteiger partial charge >= 0.3 is 0 Å². The summed E-state index contributed by atoms with van der Waals surface area (Å²) in [5.41, 5.74) is 0. The minimum atomic E-state index is -0.465. The van der Waals surface area contributed by atoms with Crippen LogP contribution in [-0.4, -0.2) is 63.9 Å². The lowest BCUT2D eigenvalue weighted by Crippen LogP contribution is -2.38. The van der Waals surface area contributed by atoms with Gasteiger partial charge in [0.1, 0.15) is 0 Å². The van der Waals surface area contributed by atoms with E-state index in [1.807, 2.05) is 0 Å². The van der Waals surface area contributed by atoms with E-state index in [2.05, 4.69) is 12.2 Å². The van der Waals surface area contributed by atoms with Gasteiger partial charge < -0.3 is 24.6 Å².